The Balaban J connectivity index is 2.20. The van der Waals surface area contributed by atoms with Crippen LogP contribution in [0, 0.1) is 5.92 Å². The predicted octanol–water partition coefficient (Wildman–Crippen LogP) is 4.41. The van der Waals surface area contributed by atoms with Crippen molar-refractivity contribution in [3.8, 4) is 0 Å². The average Bonchev–Trinajstić information content (AvgIpc) is 3.30. The molecule has 0 bridgehead atoms. The molecule has 0 aliphatic carbocycles. The lowest BCUT2D eigenvalue weighted by atomic mass is 10.0. The van der Waals surface area contributed by atoms with Crippen molar-refractivity contribution < 1.29 is 28.4 Å². The molecular formula is C28H50N7O6P. The molecule has 0 amide bonds. The topological polar surface area (TPSA) is 173 Å². The van der Waals surface area contributed by atoms with Crippen molar-refractivity contribution in [2.75, 3.05) is 18.7 Å². The Kier molecular flexibility index (Phi) is 13.8. The standard InChI is InChI=1S/C28H50N7O6P/c1-9-10-11-12-13-39-27(37)28(7,8)34-42(38,33-22(19(2)3)14-23(36)41-20(4)5)18-40-21(6)15-35-17-32-24-25(29)30-16-31-26(24)35/h16-17,19-22H,9-15,18H2,1-8H3,(H2,29,30,31)(H2,33,34,38)/t21-,22+,42+/m1/s1. The summed E-state index contributed by atoms with van der Waals surface area (Å²) in [7, 11) is -3.65. The van der Waals surface area contributed by atoms with E-state index in [9.17, 15) is 14.2 Å². The van der Waals surface area contributed by atoms with Crippen molar-refractivity contribution in [3.63, 3.8) is 0 Å². The summed E-state index contributed by atoms with van der Waals surface area (Å²) in [5, 5.41) is 6.14. The normalized spacial score (nSPS) is 15.1. The molecule has 0 aliphatic rings. The molecule has 2 heterocycles. The SMILES string of the molecule is CCCCCCOC(=O)C(C)(C)N[P@](=O)(CO[C@H](C)Cn1cnc2c(N)ncnc21)N[C@@H](CC(=O)OC(C)C)C(C)C. The highest BCUT2D eigenvalue weighted by atomic mass is 31.2. The van der Waals surface area contributed by atoms with Gasteiger partial charge < -0.3 is 24.5 Å². The van der Waals surface area contributed by atoms with E-state index in [2.05, 4.69) is 32.1 Å². The number of hydrogen-bond donors (Lipinski definition) is 3. The molecule has 0 spiro atoms. The first kappa shape index (κ1) is 35.6. The number of anilines is 1. The summed E-state index contributed by atoms with van der Waals surface area (Å²) < 4.78 is 33.2. The zero-order valence-electron chi connectivity index (χ0n) is 26.4. The molecule has 0 saturated carbocycles. The number of hydrogen-bond acceptors (Lipinski definition) is 10. The van der Waals surface area contributed by atoms with Crippen LogP contribution in [0.5, 0.6) is 0 Å². The maximum atomic E-state index is 14.5. The van der Waals surface area contributed by atoms with E-state index >= 15 is 0 Å². The summed E-state index contributed by atoms with van der Waals surface area (Å²) in [5.74, 6) is -0.721. The summed E-state index contributed by atoms with van der Waals surface area (Å²) in [4.78, 5) is 38.0. The van der Waals surface area contributed by atoms with Crippen LogP contribution in [0.2, 0.25) is 0 Å². The smallest absolute Gasteiger partial charge is 0.326 e. The van der Waals surface area contributed by atoms with Gasteiger partial charge in [-0.15, -0.1) is 0 Å². The second-order valence-electron chi connectivity index (χ2n) is 11.8. The van der Waals surface area contributed by atoms with Gasteiger partial charge in [-0.1, -0.05) is 40.0 Å². The highest BCUT2D eigenvalue weighted by Gasteiger charge is 2.39. The van der Waals surface area contributed by atoms with E-state index in [1.54, 1.807) is 38.6 Å². The van der Waals surface area contributed by atoms with Gasteiger partial charge in [-0.05, 0) is 47.0 Å². The van der Waals surface area contributed by atoms with E-state index < -0.39 is 37.1 Å². The lowest BCUT2D eigenvalue weighted by Crippen LogP contribution is -2.50. The molecule has 0 unspecified atom stereocenters. The number of carbonyl (C=O) groups excluding carboxylic acids is 2. The fraction of sp³-hybridized carbons (Fsp3) is 0.750. The minimum Gasteiger partial charge on any atom is -0.464 e. The van der Waals surface area contributed by atoms with E-state index in [0.29, 0.717) is 17.7 Å². The number of esters is 2. The summed E-state index contributed by atoms with van der Waals surface area (Å²) in [6.45, 7) is 15.2. The number of fused-ring (bicyclic) bond motifs is 1. The maximum Gasteiger partial charge on any atom is 0.326 e. The fourth-order valence-electron chi connectivity index (χ4n) is 4.26. The minimum absolute atomic E-state index is 0.00151. The number of nitrogens with two attached hydrogens (primary N) is 1. The van der Waals surface area contributed by atoms with Crippen molar-refractivity contribution in [2.24, 2.45) is 5.92 Å². The highest BCUT2D eigenvalue weighted by Crippen LogP contribution is 2.41. The van der Waals surface area contributed by atoms with Crippen LogP contribution in [-0.2, 0) is 34.9 Å². The van der Waals surface area contributed by atoms with Gasteiger partial charge in [0.15, 0.2) is 11.5 Å². The van der Waals surface area contributed by atoms with Gasteiger partial charge in [0.1, 0.15) is 23.7 Å². The van der Waals surface area contributed by atoms with Gasteiger partial charge in [0.2, 0.25) is 7.44 Å². The number of imidazole rings is 1. The van der Waals surface area contributed by atoms with Crippen LogP contribution < -0.4 is 15.9 Å². The first-order chi connectivity index (χ1) is 19.7. The summed E-state index contributed by atoms with van der Waals surface area (Å²) in [5.41, 5.74) is 5.65. The largest absolute Gasteiger partial charge is 0.464 e. The van der Waals surface area contributed by atoms with Crippen LogP contribution in [-0.4, -0.2) is 68.2 Å². The molecule has 0 aromatic carbocycles. The average molecular weight is 612 g/mol. The molecule has 4 N–H and O–H groups in total. The Morgan fingerprint density at radius 3 is 2.45 bits per heavy atom. The van der Waals surface area contributed by atoms with Gasteiger partial charge in [-0.25, -0.2) is 25.1 Å². The Morgan fingerprint density at radius 1 is 1.10 bits per heavy atom. The minimum atomic E-state index is -3.65. The molecule has 0 aliphatic heterocycles. The van der Waals surface area contributed by atoms with E-state index in [4.69, 9.17) is 19.9 Å². The van der Waals surface area contributed by atoms with E-state index in [0.717, 1.165) is 25.7 Å². The highest BCUT2D eigenvalue weighted by molar-refractivity contribution is 7.59. The predicted molar refractivity (Wildman–Crippen MR) is 163 cm³/mol. The molecule has 13 nitrogen and oxygen atoms in total. The number of aromatic nitrogens is 4. The number of unbranched alkanes of at least 4 members (excludes halogenated alkanes) is 3. The number of carbonyl (C=O) groups is 2. The zero-order chi connectivity index (χ0) is 31.5. The first-order valence-electron chi connectivity index (χ1n) is 14.7. The molecule has 42 heavy (non-hydrogen) atoms. The third kappa shape index (κ3) is 11.2. The number of nitrogen functional groups attached to an aromatic ring is 1. The fourth-order valence-corrected chi connectivity index (χ4v) is 6.84. The van der Waals surface area contributed by atoms with Gasteiger partial charge in [0.25, 0.3) is 0 Å². The van der Waals surface area contributed by atoms with Gasteiger partial charge >= 0.3 is 11.9 Å². The second kappa shape index (κ2) is 16.3. The first-order valence-corrected chi connectivity index (χ1v) is 16.6. The van der Waals surface area contributed by atoms with Gasteiger partial charge in [0.05, 0.1) is 38.1 Å². The molecule has 0 fully saturated rings. The summed E-state index contributed by atoms with van der Waals surface area (Å²) in [6.07, 6.45) is 5.89. The van der Waals surface area contributed by atoms with Crippen molar-refractivity contribution in [3.05, 3.63) is 12.7 Å². The quantitative estimate of drug-likeness (QED) is 0.116. The van der Waals surface area contributed by atoms with E-state index in [1.165, 1.54) is 6.33 Å². The van der Waals surface area contributed by atoms with Crippen LogP contribution in [0.4, 0.5) is 5.82 Å². The number of rotatable bonds is 19. The summed E-state index contributed by atoms with van der Waals surface area (Å²) >= 11 is 0. The van der Waals surface area contributed by atoms with Crippen molar-refractivity contribution in [1.82, 2.24) is 29.7 Å². The van der Waals surface area contributed by atoms with E-state index in [1.807, 2.05) is 20.8 Å². The Morgan fingerprint density at radius 2 is 1.81 bits per heavy atom. The van der Waals surface area contributed by atoms with Gasteiger partial charge in [0, 0.05) is 6.04 Å². The lowest BCUT2D eigenvalue weighted by Gasteiger charge is -2.34. The molecule has 2 aromatic heterocycles. The molecule has 2 rings (SSSR count). The molecule has 238 valence electrons. The maximum absolute atomic E-state index is 14.5. The van der Waals surface area contributed by atoms with Crippen LogP contribution in [0.25, 0.3) is 11.2 Å². The van der Waals surface area contributed by atoms with Crippen LogP contribution >= 0.6 is 7.44 Å². The van der Waals surface area contributed by atoms with Gasteiger partial charge in [-0.2, -0.15) is 0 Å². The van der Waals surface area contributed by atoms with Crippen LogP contribution in [0.3, 0.4) is 0 Å². The molecular weight excluding hydrogens is 561 g/mol. The number of nitrogens with one attached hydrogen (secondary N) is 2. The van der Waals surface area contributed by atoms with Crippen molar-refractivity contribution in [1.29, 1.82) is 0 Å². The van der Waals surface area contributed by atoms with Crippen molar-refractivity contribution in [2.45, 2.75) is 118 Å². The van der Waals surface area contributed by atoms with Crippen LogP contribution in [0.15, 0.2) is 12.7 Å². The molecule has 0 saturated heterocycles. The molecule has 3 atom stereocenters. The van der Waals surface area contributed by atoms with Crippen molar-refractivity contribution >= 4 is 36.4 Å². The molecule has 0 radical (unpaired) electrons. The second-order valence-corrected chi connectivity index (χ2v) is 14.0. The summed E-state index contributed by atoms with van der Waals surface area (Å²) in [6, 6.07) is -0.508. The zero-order valence-corrected chi connectivity index (χ0v) is 27.3. The van der Waals surface area contributed by atoms with Crippen LogP contribution in [0.1, 0.15) is 87.5 Å². The molecule has 14 heteroatoms. The van der Waals surface area contributed by atoms with E-state index in [-0.39, 0.29) is 37.2 Å². The third-order valence-electron chi connectivity index (χ3n) is 6.56. The monoisotopic (exact) mass is 611 g/mol. The Bertz CT molecular complexity index is 1200. The van der Waals surface area contributed by atoms with Gasteiger partial charge in [-0.3, -0.25) is 14.2 Å². The number of ether oxygens (including phenoxy) is 3. The number of nitrogens with zero attached hydrogens (tertiary/aromatic N) is 4. The lowest BCUT2D eigenvalue weighted by molar-refractivity contribution is -0.150. The Labute approximate surface area is 249 Å². The third-order valence-corrected chi connectivity index (χ3v) is 8.74. The molecule has 2 aromatic rings. The Hall–Kier alpha value is -2.60.